The molecule has 21 heavy (non-hydrogen) atoms. The maximum Gasteiger partial charge on any atom is 0.251 e. The number of benzene rings is 1. The summed E-state index contributed by atoms with van der Waals surface area (Å²) < 4.78 is 4.93. The summed E-state index contributed by atoms with van der Waals surface area (Å²) in [5.74, 6) is 0.275. The molecule has 0 aromatic heterocycles. The van der Waals surface area contributed by atoms with Crippen LogP contribution in [0.1, 0.15) is 35.2 Å². The first-order valence-electron chi connectivity index (χ1n) is 7.34. The van der Waals surface area contributed by atoms with Gasteiger partial charge in [0.2, 0.25) is 5.91 Å². The van der Waals surface area contributed by atoms with Gasteiger partial charge in [0.05, 0.1) is 0 Å². The Hall–Kier alpha value is -1.88. The second-order valence-electron chi connectivity index (χ2n) is 5.29. The molecule has 1 aromatic carbocycles. The molecule has 2 N–H and O–H groups in total. The van der Waals surface area contributed by atoms with Crippen molar-refractivity contribution >= 4 is 11.8 Å². The van der Waals surface area contributed by atoms with E-state index < -0.39 is 0 Å². The normalized spacial score (nSPS) is 13.8. The van der Waals surface area contributed by atoms with Gasteiger partial charge in [-0.25, -0.2) is 0 Å². The maximum atomic E-state index is 11.9. The molecule has 1 aliphatic rings. The molecule has 0 aliphatic heterocycles. The van der Waals surface area contributed by atoms with Gasteiger partial charge in [0, 0.05) is 38.3 Å². The lowest BCUT2D eigenvalue weighted by atomic mass is 10.1. The Morgan fingerprint density at radius 1 is 1.19 bits per heavy atom. The molecule has 0 heterocycles. The lowest BCUT2D eigenvalue weighted by Crippen LogP contribution is -2.25. The minimum atomic E-state index is -0.0836. The summed E-state index contributed by atoms with van der Waals surface area (Å²) in [4.78, 5) is 23.4. The highest BCUT2D eigenvalue weighted by molar-refractivity contribution is 5.94. The average molecular weight is 290 g/mol. The van der Waals surface area contributed by atoms with Crippen molar-refractivity contribution in [1.29, 1.82) is 0 Å². The number of amides is 2. The Morgan fingerprint density at radius 2 is 1.90 bits per heavy atom. The Kier molecular flexibility index (Phi) is 5.75. The van der Waals surface area contributed by atoms with Crippen molar-refractivity contribution < 1.29 is 14.3 Å². The standard InChI is InChI=1S/C16H22N2O3/c1-21-10-2-9-17-15(19)13-5-3-12(4-6-13)11-18-16(20)14-7-8-14/h3-6,14H,2,7-11H2,1H3,(H,17,19)(H,18,20). The number of rotatable bonds is 8. The highest BCUT2D eigenvalue weighted by atomic mass is 16.5. The molecular weight excluding hydrogens is 268 g/mol. The van der Waals surface area contributed by atoms with Crippen molar-refractivity contribution in [1.82, 2.24) is 10.6 Å². The van der Waals surface area contributed by atoms with Gasteiger partial charge in [0.25, 0.3) is 5.91 Å². The van der Waals surface area contributed by atoms with Crippen molar-refractivity contribution in [2.75, 3.05) is 20.3 Å². The van der Waals surface area contributed by atoms with Crippen LogP contribution in [0.25, 0.3) is 0 Å². The number of ether oxygens (including phenoxy) is 1. The van der Waals surface area contributed by atoms with Crippen molar-refractivity contribution in [3.05, 3.63) is 35.4 Å². The molecule has 1 aromatic rings. The van der Waals surface area contributed by atoms with Crippen LogP contribution < -0.4 is 10.6 Å². The van der Waals surface area contributed by atoms with E-state index in [1.165, 1.54) is 0 Å². The predicted octanol–water partition coefficient (Wildman–Crippen LogP) is 1.48. The molecule has 2 amide bonds. The fourth-order valence-electron chi connectivity index (χ4n) is 1.97. The number of carbonyl (C=O) groups is 2. The lowest BCUT2D eigenvalue weighted by Gasteiger charge is -2.07. The molecule has 0 radical (unpaired) electrons. The topological polar surface area (TPSA) is 67.4 Å². The second-order valence-corrected chi connectivity index (χ2v) is 5.29. The summed E-state index contributed by atoms with van der Waals surface area (Å²) in [6.45, 7) is 1.76. The molecule has 0 unspecified atom stereocenters. The quantitative estimate of drug-likeness (QED) is 0.713. The Bertz CT molecular complexity index is 481. The number of hydrogen-bond donors (Lipinski definition) is 2. The molecule has 1 aliphatic carbocycles. The first-order valence-corrected chi connectivity index (χ1v) is 7.34. The molecule has 0 saturated heterocycles. The van der Waals surface area contributed by atoms with Crippen molar-refractivity contribution in [3.63, 3.8) is 0 Å². The van der Waals surface area contributed by atoms with Crippen LogP contribution in [0.5, 0.6) is 0 Å². The van der Waals surface area contributed by atoms with E-state index in [9.17, 15) is 9.59 Å². The molecular formula is C16H22N2O3. The summed E-state index contributed by atoms with van der Waals surface area (Å²) in [5, 5.41) is 5.74. The molecule has 0 bridgehead atoms. The molecule has 5 nitrogen and oxygen atoms in total. The Morgan fingerprint density at radius 3 is 2.52 bits per heavy atom. The molecule has 1 saturated carbocycles. The fourth-order valence-corrected chi connectivity index (χ4v) is 1.97. The summed E-state index contributed by atoms with van der Waals surface area (Å²) in [7, 11) is 1.64. The minimum absolute atomic E-state index is 0.0836. The first-order chi connectivity index (χ1) is 10.2. The largest absolute Gasteiger partial charge is 0.385 e. The third-order valence-corrected chi connectivity index (χ3v) is 3.44. The van der Waals surface area contributed by atoms with E-state index in [1.54, 1.807) is 19.2 Å². The number of nitrogens with one attached hydrogen (secondary N) is 2. The van der Waals surface area contributed by atoms with E-state index in [4.69, 9.17) is 4.74 Å². The van der Waals surface area contributed by atoms with Gasteiger partial charge in [-0.05, 0) is 37.0 Å². The molecule has 2 rings (SSSR count). The van der Waals surface area contributed by atoms with Gasteiger partial charge < -0.3 is 15.4 Å². The van der Waals surface area contributed by atoms with Crippen LogP contribution in [0.2, 0.25) is 0 Å². The maximum absolute atomic E-state index is 11.9. The summed E-state index contributed by atoms with van der Waals surface area (Å²) >= 11 is 0. The smallest absolute Gasteiger partial charge is 0.251 e. The molecule has 0 spiro atoms. The number of methoxy groups -OCH3 is 1. The number of hydrogen-bond acceptors (Lipinski definition) is 3. The van der Waals surface area contributed by atoms with Crippen LogP contribution in [-0.4, -0.2) is 32.1 Å². The van der Waals surface area contributed by atoms with E-state index in [-0.39, 0.29) is 17.7 Å². The minimum Gasteiger partial charge on any atom is -0.385 e. The lowest BCUT2D eigenvalue weighted by molar-refractivity contribution is -0.122. The van der Waals surface area contributed by atoms with Crippen molar-refractivity contribution in [2.24, 2.45) is 5.92 Å². The highest BCUT2D eigenvalue weighted by Gasteiger charge is 2.29. The molecule has 0 atom stereocenters. The second kappa shape index (κ2) is 7.78. The average Bonchev–Trinajstić information content (AvgIpc) is 3.34. The summed E-state index contributed by atoms with van der Waals surface area (Å²) in [6.07, 6.45) is 2.82. The van der Waals surface area contributed by atoms with Gasteiger partial charge in [0.1, 0.15) is 0 Å². The van der Waals surface area contributed by atoms with Crippen LogP contribution >= 0.6 is 0 Å². The number of carbonyl (C=O) groups excluding carboxylic acids is 2. The van der Waals surface area contributed by atoms with Gasteiger partial charge in [-0.1, -0.05) is 12.1 Å². The fraction of sp³-hybridized carbons (Fsp3) is 0.500. The van der Waals surface area contributed by atoms with Crippen molar-refractivity contribution in [3.8, 4) is 0 Å². The van der Waals surface area contributed by atoms with Gasteiger partial charge in [-0.15, -0.1) is 0 Å². The van der Waals surface area contributed by atoms with Crippen LogP contribution in [0.15, 0.2) is 24.3 Å². The van der Waals surface area contributed by atoms with E-state index >= 15 is 0 Å². The van der Waals surface area contributed by atoms with Gasteiger partial charge in [-0.2, -0.15) is 0 Å². The van der Waals surface area contributed by atoms with E-state index in [2.05, 4.69) is 10.6 Å². The van der Waals surface area contributed by atoms with E-state index in [0.717, 1.165) is 24.8 Å². The SMILES string of the molecule is COCCCNC(=O)c1ccc(CNC(=O)C2CC2)cc1. The highest BCUT2D eigenvalue weighted by Crippen LogP contribution is 2.28. The molecule has 114 valence electrons. The van der Waals surface area contributed by atoms with E-state index in [1.807, 2.05) is 12.1 Å². The first kappa shape index (κ1) is 15.5. The van der Waals surface area contributed by atoms with Gasteiger partial charge in [-0.3, -0.25) is 9.59 Å². The van der Waals surface area contributed by atoms with Crippen LogP contribution in [0.4, 0.5) is 0 Å². The zero-order valence-corrected chi connectivity index (χ0v) is 12.4. The predicted molar refractivity (Wildman–Crippen MR) is 79.8 cm³/mol. The van der Waals surface area contributed by atoms with Crippen LogP contribution in [0.3, 0.4) is 0 Å². The zero-order chi connectivity index (χ0) is 15.1. The summed E-state index contributed by atoms with van der Waals surface area (Å²) in [5.41, 5.74) is 1.63. The Labute approximate surface area is 125 Å². The zero-order valence-electron chi connectivity index (χ0n) is 12.4. The molecule has 5 heteroatoms. The van der Waals surface area contributed by atoms with Gasteiger partial charge in [0.15, 0.2) is 0 Å². The third-order valence-electron chi connectivity index (χ3n) is 3.44. The van der Waals surface area contributed by atoms with Gasteiger partial charge >= 0.3 is 0 Å². The van der Waals surface area contributed by atoms with Crippen molar-refractivity contribution in [2.45, 2.75) is 25.8 Å². The summed E-state index contributed by atoms with van der Waals surface area (Å²) in [6, 6.07) is 7.31. The molecule has 1 fully saturated rings. The van der Waals surface area contributed by atoms with Crippen LogP contribution in [0, 0.1) is 5.92 Å². The van der Waals surface area contributed by atoms with Crippen LogP contribution in [-0.2, 0) is 16.1 Å². The van der Waals surface area contributed by atoms with E-state index in [0.29, 0.717) is 25.3 Å². The third kappa shape index (κ3) is 5.19. The Balaban J connectivity index is 1.75. The monoisotopic (exact) mass is 290 g/mol.